The van der Waals surface area contributed by atoms with Gasteiger partial charge < -0.3 is 11.1 Å². The Balaban J connectivity index is 1.95. The molecule has 3 nitrogen and oxygen atoms in total. The molecule has 1 unspecified atom stereocenters. The van der Waals surface area contributed by atoms with Gasteiger partial charge in [-0.15, -0.1) is 0 Å². The van der Waals surface area contributed by atoms with E-state index in [0.717, 1.165) is 12.8 Å². The molecule has 1 aromatic rings. The minimum absolute atomic E-state index is 0.0275. The van der Waals surface area contributed by atoms with Gasteiger partial charge in [0, 0.05) is 6.04 Å². The molecule has 1 aliphatic rings. The molecule has 1 aromatic carbocycles. The van der Waals surface area contributed by atoms with E-state index >= 15 is 0 Å². The molecule has 1 amide bonds. The Morgan fingerprint density at radius 2 is 2.00 bits per heavy atom. The van der Waals surface area contributed by atoms with Crippen LogP contribution < -0.4 is 11.1 Å². The van der Waals surface area contributed by atoms with Crippen molar-refractivity contribution in [1.82, 2.24) is 5.32 Å². The number of fused-ring (bicyclic) bond motifs is 1. The van der Waals surface area contributed by atoms with Gasteiger partial charge in [0.2, 0.25) is 5.91 Å². The fourth-order valence-corrected chi connectivity index (χ4v) is 2.15. The summed E-state index contributed by atoms with van der Waals surface area (Å²) < 4.78 is 0. The van der Waals surface area contributed by atoms with Gasteiger partial charge in [-0.1, -0.05) is 31.2 Å². The fourth-order valence-electron chi connectivity index (χ4n) is 2.15. The summed E-state index contributed by atoms with van der Waals surface area (Å²) in [6, 6.07) is 8.19. The minimum atomic E-state index is -0.372. The summed E-state index contributed by atoms with van der Waals surface area (Å²) in [5.41, 5.74) is 8.38. The van der Waals surface area contributed by atoms with Crippen LogP contribution >= 0.6 is 0 Å². The normalized spacial score (nSPS) is 16.9. The lowest BCUT2D eigenvalue weighted by atomic mass is 10.1. The van der Waals surface area contributed by atoms with Crippen LogP contribution in [0.2, 0.25) is 0 Å². The first-order valence-electron chi connectivity index (χ1n) is 5.83. The predicted molar refractivity (Wildman–Crippen MR) is 64.0 cm³/mol. The molecular formula is C13H18N2O. The predicted octanol–water partition coefficient (Wildman–Crippen LogP) is 1.01. The standard InChI is InChI=1S/C13H18N2O/c1-2-12(14)13(16)15-11-7-9-5-3-4-6-10(9)8-11/h3-6,11-12H,2,7-8,14H2,1H3,(H,15,16). The summed E-state index contributed by atoms with van der Waals surface area (Å²) in [5.74, 6) is -0.0275. The SMILES string of the molecule is CCC(N)C(=O)NC1Cc2ccccc2C1. The Morgan fingerprint density at radius 1 is 1.44 bits per heavy atom. The van der Waals surface area contributed by atoms with E-state index in [4.69, 9.17) is 5.73 Å². The molecule has 1 aliphatic carbocycles. The van der Waals surface area contributed by atoms with Crippen LogP contribution in [-0.4, -0.2) is 18.0 Å². The Hall–Kier alpha value is -1.35. The zero-order chi connectivity index (χ0) is 11.5. The topological polar surface area (TPSA) is 55.1 Å². The molecule has 0 spiro atoms. The third kappa shape index (κ3) is 2.25. The Morgan fingerprint density at radius 3 is 2.50 bits per heavy atom. The van der Waals surface area contributed by atoms with E-state index in [-0.39, 0.29) is 18.0 Å². The number of amides is 1. The molecule has 0 radical (unpaired) electrons. The highest BCUT2D eigenvalue weighted by molar-refractivity contribution is 5.81. The van der Waals surface area contributed by atoms with E-state index in [2.05, 4.69) is 17.4 Å². The summed E-state index contributed by atoms with van der Waals surface area (Å²) in [7, 11) is 0. The van der Waals surface area contributed by atoms with Crippen molar-refractivity contribution in [2.75, 3.05) is 0 Å². The summed E-state index contributed by atoms with van der Waals surface area (Å²) in [6.45, 7) is 1.92. The summed E-state index contributed by atoms with van der Waals surface area (Å²) in [6.07, 6.45) is 2.54. The van der Waals surface area contributed by atoms with Gasteiger partial charge in [-0.2, -0.15) is 0 Å². The minimum Gasteiger partial charge on any atom is -0.351 e. The van der Waals surface area contributed by atoms with Gasteiger partial charge in [-0.3, -0.25) is 4.79 Å². The van der Waals surface area contributed by atoms with Crippen LogP contribution in [0.3, 0.4) is 0 Å². The molecule has 0 fully saturated rings. The number of benzene rings is 1. The van der Waals surface area contributed by atoms with Gasteiger partial charge in [0.15, 0.2) is 0 Å². The third-order valence-electron chi connectivity index (χ3n) is 3.17. The quantitative estimate of drug-likeness (QED) is 0.795. The molecule has 1 atom stereocenters. The summed E-state index contributed by atoms with van der Waals surface area (Å²) in [5, 5.41) is 3.01. The van der Waals surface area contributed by atoms with Crippen molar-refractivity contribution in [3.8, 4) is 0 Å². The van der Waals surface area contributed by atoms with Crippen molar-refractivity contribution < 1.29 is 4.79 Å². The molecule has 0 aromatic heterocycles. The molecule has 3 heteroatoms. The molecule has 3 N–H and O–H groups in total. The van der Waals surface area contributed by atoms with Gasteiger partial charge >= 0.3 is 0 Å². The van der Waals surface area contributed by atoms with Crippen LogP contribution in [0, 0.1) is 0 Å². The number of rotatable bonds is 3. The maximum Gasteiger partial charge on any atom is 0.237 e. The second-order valence-corrected chi connectivity index (χ2v) is 4.40. The molecule has 0 saturated carbocycles. The van der Waals surface area contributed by atoms with E-state index in [1.165, 1.54) is 11.1 Å². The average Bonchev–Trinajstić information content (AvgIpc) is 2.69. The van der Waals surface area contributed by atoms with E-state index < -0.39 is 0 Å². The van der Waals surface area contributed by atoms with Crippen molar-refractivity contribution in [3.63, 3.8) is 0 Å². The summed E-state index contributed by atoms with van der Waals surface area (Å²) in [4.78, 5) is 11.6. The van der Waals surface area contributed by atoms with Crippen LogP contribution in [-0.2, 0) is 17.6 Å². The Labute approximate surface area is 96.0 Å². The molecule has 0 aliphatic heterocycles. The smallest absolute Gasteiger partial charge is 0.237 e. The molecule has 0 bridgehead atoms. The molecule has 16 heavy (non-hydrogen) atoms. The largest absolute Gasteiger partial charge is 0.351 e. The number of carbonyl (C=O) groups excluding carboxylic acids is 1. The second kappa shape index (κ2) is 4.66. The fraction of sp³-hybridized carbons (Fsp3) is 0.462. The molecule has 0 saturated heterocycles. The van der Waals surface area contributed by atoms with Gasteiger partial charge in [0.1, 0.15) is 0 Å². The molecule has 86 valence electrons. The Kier molecular flexibility index (Phi) is 3.25. The lowest BCUT2D eigenvalue weighted by Crippen LogP contribution is -2.45. The zero-order valence-corrected chi connectivity index (χ0v) is 9.57. The van der Waals surface area contributed by atoms with Crippen LogP contribution in [0.15, 0.2) is 24.3 Å². The summed E-state index contributed by atoms with van der Waals surface area (Å²) >= 11 is 0. The average molecular weight is 218 g/mol. The first kappa shape index (κ1) is 11.1. The van der Waals surface area contributed by atoms with Crippen molar-refractivity contribution in [2.24, 2.45) is 5.73 Å². The van der Waals surface area contributed by atoms with E-state index in [9.17, 15) is 4.79 Å². The van der Waals surface area contributed by atoms with E-state index in [0.29, 0.717) is 6.42 Å². The van der Waals surface area contributed by atoms with E-state index in [1.807, 2.05) is 19.1 Å². The number of nitrogens with two attached hydrogens (primary N) is 1. The number of carbonyl (C=O) groups is 1. The zero-order valence-electron chi connectivity index (χ0n) is 9.57. The highest BCUT2D eigenvalue weighted by atomic mass is 16.2. The van der Waals surface area contributed by atoms with Crippen LogP contribution in [0.5, 0.6) is 0 Å². The number of hydrogen-bond donors (Lipinski definition) is 2. The van der Waals surface area contributed by atoms with Gasteiger partial charge in [-0.05, 0) is 30.4 Å². The molecule has 0 heterocycles. The van der Waals surface area contributed by atoms with Crippen molar-refractivity contribution in [2.45, 2.75) is 38.3 Å². The number of nitrogens with one attached hydrogen (secondary N) is 1. The number of hydrogen-bond acceptors (Lipinski definition) is 2. The first-order chi connectivity index (χ1) is 7.70. The van der Waals surface area contributed by atoms with Crippen molar-refractivity contribution in [1.29, 1.82) is 0 Å². The lowest BCUT2D eigenvalue weighted by molar-refractivity contribution is -0.123. The van der Waals surface area contributed by atoms with Crippen LogP contribution in [0.1, 0.15) is 24.5 Å². The van der Waals surface area contributed by atoms with Gasteiger partial charge in [-0.25, -0.2) is 0 Å². The highest BCUT2D eigenvalue weighted by Gasteiger charge is 2.23. The molecule has 2 rings (SSSR count). The van der Waals surface area contributed by atoms with Gasteiger partial charge in [0.25, 0.3) is 0 Å². The van der Waals surface area contributed by atoms with Crippen molar-refractivity contribution >= 4 is 5.91 Å². The maximum absolute atomic E-state index is 11.6. The molecular weight excluding hydrogens is 200 g/mol. The van der Waals surface area contributed by atoms with E-state index in [1.54, 1.807) is 0 Å². The highest BCUT2D eigenvalue weighted by Crippen LogP contribution is 2.21. The lowest BCUT2D eigenvalue weighted by Gasteiger charge is -2.15. The second-order valence-electron chi connectivity index (χ2n) is 4.40. The van der Waals surface area contributed by atoms with Crippen LogP contribution in [0.4, 0.5) is 0 Å². The van der Waals surface area contributed by atoms with Crippen LogP contribution in [0.25, 0.3) is 0 Å². The third-order valence-corrected chi connectivity index (χ3v) is 3.17. The first-order valence-corrected chi connectivity index (χ1v) is 5.83. The van der Waals surface area contributed by atoms with Crippen molar-refractivity contribution in [3.05, 3.63) is 35.4 Å². The monoisotopic (exact) mass is 218 g/mol. The maximum atomic E-state index is 11.6. The van der Waals surface area contributed by atoms with Gasteiger partial charge in [0.05, 0.1) is 6.04 Å². The Bertz CT molecular complexity index is 364.